The van der Waals surface area contributed by atoms with Crippen LogP contribution in [0.15, 0.2) is 36.9 Å². The highest BCUT2D eigenvalue weighted by Gasteiger charge is 2.11. The molecule has 0 spiro atoms. The van der Waals surface area contributed by atoms with E-state index >= 15 is 0 Å². The van der Waals surface area contributed by atoms with Crippen LogP contribution in [0.2, 0.25) is 0 Å². The fourth-order valence-corrected chi connectivity index (χ4v) is 1.39. The van der Waals surface area contributed by atoms with Gasteiger partial charge in [-0.25, -0.2) is 0 Å². The maximum Gasteiger partial charge on any atom is 0.270 e. The van der Waals surface area contributed by atoms with Crippen LogP contribution >= 0.6 is 12.2 Å². The van der Waals surface area contributed by atoms with Gasteiger partial charge in [-0.2, -0.15) is 0 Å². The second-order valence-electron chi connectivity index (χ2n) is 3.41. The summed E-state index contributed by atoms with van der Waals surface area (Å²) in [6.45, 7) is 3.90. The molecular weight excluding hydrogens is 250 g/mol. The molecule has 96 valence electrons. The van der Waals surface area contributed by atoms with Gasteiger partial charge in [-0.1, -0.05) is 12.1 Å². The number of benzene rings is 1. The number of hydrogen-bond acceptors (Lipinski definition) is 3. The largest absolute Gasteiger partial charge is 0.497 e. The average Bonchev–Trinajstić information content (AvgIpc) is 2.38. The van der Waals surface area contributed by atoms with Gasteiger partial charge >= 0.3 is 0 Å². The lowest BCUT2D eigenvalue weighted by molar-refractivity contribution is 0.0878. The Morgan fingerprint density at radius 3 is 2.94 bits per heavy atom. The van der Waals surface area contributed by atoms with Crippen molar-refractivity contribution >= 4 is 23.2 Å². The van der Waals surface area contributed by atoms with Crippen LogP contribution in [0, 0.1) is 0 Å². The molecule has 0 aliphatic carbocycles. The van der Waals surface area contributed by atoms with Gasteiger partial charge in [0.25, 0.3) is 5.91 Å². The van der Waals surface area contributed by atoms with E-state index < -0.39 is 0 Å². The summed E-state index contributed by atoms with van der Waals surface area (Å²) >= 11 is 4.82. The molecule has 0 saturated carbocycles. The van der Waals surface area contributed by atoms with Gasteiger partial charge in [-0.3, -0.25) is 15.2 Å². The summed E-state index contributed by atoms with van der Waals surface area (Å²) in [5.74, 6) is 0.289. The van der Waals surface area contributed by atoms with Gasteiger partial charge in [0.2, 0.25) is 0 Å². The molecule has 0 aliphatic rings. The van der Waals surface area contributed by atoms with Crippen LogP contribution in [0.3, 0.4) is 0 Å². The van der Waals surface area contributed by atoms with E-state index in [1.54, 1.807) is 30.3 Å². The lowest BCUT2D eigenvalue weighted by Gasteiger charge is -2.21. The van der Waals surface area contributed by atoms with Crippen LogP contribution in [0.4, 0.5) is 0 Å². The first-order valence-corrected chi connectivity index (χ1v) is 5.62. The molecule has 0 bridgehead atoms. The zero-order valence-electron chi connectivity index (χ0n) is 10.1. The first-order valence-electron chi connectivity index (χ1n) is 5.21. The minimum atomic E-state index is -0.316. The fraction of sp³-hybridized carbons (Fsp3) is 0.167. The van der Waals surface area contributed by atoms with Gasteiger partial charge in [-0.05, 0) is 30.4 Å². The zero-order chi connectivity index (χ0) is 13.5. The average molecular weight is 265 g/mol. The number of nitrogens with zero attached hydrogens (tertiary/aromatic N) is 1. The van der Waals surface area contributed by atoms with Gasteiger partial charge in [0, 0.05) is 5.56 Å². The van der Waals surface area contributed by atoms with Gasteiger partial charge in [0.15, 0.2) is 5.11 Å². The Balaban J connectivity index is 2.79. The number of methoxy groups -OCH3 is 1. The first kappa shape index (κ1) is 14.0. The third kappa shape index (κ3) is 3.74. The van der Waals surface area contributed by atoms with Gasteiger partial charge < -0.3 is 10.5 Å². The molecule has 1 amide bonds. The molecule has 3 N–H and O–H groups in total. The molecule has 0 fully saturated rings. The Morgan fingerprint density at radius 2 is 2.39 bits per heavy atom. The quantitative estimate of drug-likeness (QED) is 0.484. The number of hydrazine groups is 1. The highest BCUT2D eigenvalue weighted by molar-refractivity contribution is 7.80. The number of amides is 1. The summed E-state index contributed by atoms with van der Waals surface area (Å²) in [7, 11) is 1.54. The standard InChI is InChI=1S/C12H15N3O2S/c1-3-7-15(12(13)18)14-11(16)9-5-4-6-10(8-9)17-2/h3-6,8H,1,7H2,2H3,(H2,13,18)(H,14,16). The Bertz CT molecular complexity index is 462. The van der Waals surface area contributed by atoms with Gasteiger partial charge in [0.05, 0.1) is 13.7 Å². The van der Waals surface area contributed by atoms with Crippen LogP contribution in [0.1, 0.15) is 10.4 Å². The second kappa shape index (κ2) is 6.61. The van der Waals surface area contributed by atoms with Crippen molar-refractivity contribution in [3.8, 4) is 5.75 Å². The topological polar surface area (TPSA) is 67.6 Å². The van der Waals surface area contributed by atoms with Crippen LogP contribution in [-0.4, -0.2) is 29.7 Å². The molecular formula is C12H15N3O2S. The summed E-state index contributed by atoms with van der Waals surface area (Å²) < 4.78 is 5.04. The second-order valence-corrected chi connectivity index (χ2v) is 3.83. The number of carbonyl (C=O) groups excluding carboxylic acids is 1. The van der Waals surface area contributed by atoms with Crippen molar-refractivity contribution in [1.82, 2.24) is 10.4 Å². The SMILES string of the molecule is C=CCN(NC(=O)c1cccc(OC)c1)C(N)=S. The lowest BCUT2D eigenvalue weighted by atomic mass is 10.2. The van der Waals surface area contributed by atoms with Gasteiger partial charge in [-0.15, -0.1) is 6.58 Å². The highest BCUT2D eigenvalue weighted by atomic mass is 32.1. The number of nitrogens with one attached hydrogen (secondary N) is 1. The minimum Gasteiger partial charge on any atom is -0.497 e. The summed E-state index contributed by atoms with van der Waals surface area (Å²) in [6, 6.07) is 6.78. The van der Waals surface area contributed by atoms with Crippen molar-refractivity contribution in [2.75, 3.05) is 13.7 Å². The molecule has 0 radical (unpaired) electrons. The minimum absolute atomic E-state index is 0.0751. The van der Waals surface area contributed by atoms with E-state index in [4.69, 9.17) is 22.7 Å². The number of nitrogens with two attached hydrogens (primary N) is 1. The van der Waals surface area contributed by atoms with Crippen molar-refractivity contribution in [1.29, 1.82) is 0 Å². The summed E-state index contributed by atoms with van der Waals surface area (Å²) in [5, 5.41) is 1.41. The molecule has 0 heterocycles. The molecule has 0 saturated heterocycles. The number of hydrogen-bond donors (Lipinski definition) is 2. The zero-order valence-corrected chi connectivity index (χ0v) is 10.9. The van der Waals surface area contributed by atoms with E-state index in [1.807, 2.05) is 0 Å². The monoisotopic (exact) mass is 265 g/mol. The van der Waals surface area contributed by atoms with Crippen LogP contribution in [-0.2, 0) is 0 Å². The number of rotatable bonds is 4. The Morgan fingerprint density at radius 1 is 1.67 bits per heavy atom. The Hall–Kier alpha value is -2.08. The Kier molecular flexibility index (Phi) is 5.13. The van der Waals surface area contributed by atoms with E-state index in [1.165, 1.54) is 12.1 Å². The summed E-state index contributed by atoms with van der Waals surface area (Å²) in [5.41, 5.74) is 8.52. The normalized spacial score (nSPS) is 9.39. The first-order chi connectivity index (χ1) is 8.58. The lowest BCUT2D eigenvalue weighted by Crippen LogP contribution is -2.48. The van der Waals surface area contributed by atoms with E-state index in [-0.39, 0.29) is 11.0 Å². The molecule has 5 nitrogen and oxygen atoms in total. The third-order valence-electron chi connectivity index (χ3n) is 2.15. The predicted molar refractivity (Wildman–Crippen MR) is 74.1 cm³/mol. The molecule has 6 heteroatoms. The van der Waals surface area contributed by atoms with E-state index in [2.05, 4.69) is 12.0 Å². The molecule has 18 heavy (non-hydrogen) atoms. The van der Waals surface area contributed by atoms with Crippen LogP contribution in [0.5, 0.6) is 5.75 Å². The molecule has 0 unspecified atom stereocenters. The molecule has 0 aromatic heterocycles. The number of carbonyl (C=O) groups is 1. The predicted octanol–water partition coefficient (Wildman–Crippen LogP) is 1.07. The van der Waals surface area contributed by atoms with Crippen LogP contribution < -0.4 is 15.9 Å². The van der Waals surface area contributed by atoms with E-state index in [0.29, 0.717) is 17.9 Å². The highest BCUT2D eigenvalue weighted by Crippen LogP contribution is 2.12. The molecule has 1 aromatic carbocycles. The number of ether oxygens (including phenoxy) is 1. The molecule has 0 atom stereocenters. The fourth-order valence-electron chi connectivity index (χ4n) is 1.27. The van der Waals surface area contributed by atoms with E-state index in [0.717, 1.165) is 0 Å². The van der Waals surface area contributed by atoms with Gasteiger partial charge in [0.1, 0.15) is 5.75 Å². The summed E-state index contributed by atoms with van der Waals surface area (Å²) in [6.07, 6.45) is 1.59. The van der Waals surface area contributed by atoms with Crippen molar-refractivity contribution in [3.05, 3.63) is 42.5 Å². The molecule has 0 aliphatic heterocycles. The van der Waals surface area contributed by atoms with E-state index in [9.17, 15) is 4.79 Å². The van der Waals surface area contributed by atoms with Crippen molar-refractivity contribution < 1.29 is 9.53 Å². The molecule has 1 rings (SSSR count). The number of thiocarbonyl (C=S) groups is 1. The van der Waals surface area contributed by atoms with Crippen molar-refractivity contribution in [2.45, 2.75) is 0 Å². The Labute approximate surface area is 111 Å². The van der Waals surface area contributed by atoms with Crippen LogP contribution in [0.25, 0.3) is 0 Å². The maximum atomic E-state index is 11.9. The smallest absolute Gasteiger partial charge is 0.270 e. The third-order valence-corrected chi connectivity index (χ3v) is 2.37. The van der Waals surface area contributed by atoms with Crippen molar-refractivity contribution in [2.24, 2.45) is 5.73 Å². The molecule has 1 aromatic rings. The van der Waals surface area contributed by atoms with Crippen molar-refractivity contribution in [3.63, 3.8) is 0 Å². The maximum absolute atomic E-state index is 11.9. The summed E-state index contributed by atoms with van der Waals surface area (Å²) in [4.78, 5) is 11.9.